The topological polar surface area (TPSA) is 68.1 Å². The molecule has 2 rings (SSSR count). The van der Waals surface area contributed by atoms with E-state index in [4.69, 9.17) is 10.5 Å². The number of hydrogen-bond donors (Lipinski definition) is 2. The monoisotopic (exact) mass is 246 g/mol. The summed E-state index contributed by atoms with van der Waals surface area (Å²) in [7, 11) is 0. The minimum Gasteiger partial charge on any atom is -0.477 e. The highest BCUT2D eigenvalue weighted by molar-refractivity contribution is 5.82. The van der Waals surface area contributed by atoms with Crippen molar-refractivity contribution in [2.45, 2.75) is 25.8 Å². The summed E-state index contributed by atoms with van der Waals surface area (Å²) in [4.78, 5) is 14.5. The van der Waals surface area contributed by atoms with Gasteiger partial charge in [0.05, 0.1) is 0 Å². The van der Waals surface area contributed by atoms with Gasteiger partial charge in [0.2, 0.25) is 0 Å². The van der Waals surface area contributed by atoms with Gasteiger partial charge in [0.25, 0.3) is 5.56 Å². The maximum atomic E-state index is 11.8. The molecule has 4 nitrogen and oxygen atoms in total. The summed E-state index contributed by atoms with van der Waals surface area (Å²) >= 11 is 0. The van der Waals surface area contributed by atoms with E-state index in [2.05, 4.69) is 4.98 Å². The van der Waals surface area contributed by atoms with Crippen molar-refractivity contribution in [3.63, 3.8) is 0 Å². The number of ether oxygens (including phenoxy) is 1. The van der Waals surface area contributed by atoms with Gasteiger partial charge < -0.3 is 10.5 Å². The zero-order valence-electron chi connectivity index (χ0n) is 10.7. The maximum absolute atomic E-state index is 11.8. The van der Waals surface area contributed by atoms with Gasteiger partial charge in [-0.1, -0.05) is 25.1 Å². The van der Waals surface area contributed by atoms with Gasteiger partial charge in [0.15, 0.2) is 5.88 Å². The van der Waals surface area contributed by atoms with Crippen LogP contribution in [0.15, 0.2) is 35.1 Å². The van der Waals surface area contributed by atoms with Crippen LogP contribution in [-0.2, 0) is 0 Å². The number of nitrogens with one attached hydrogen (secondary N) is 1. The lowest BCUT2D eigenvalue weighted by atomic mass is 10.0. The summed E-state index contributed by atoms with van der Waals surface area (Å²) < 4.78 is 5.57. The molecular weight excluding hydrogens is 228 g/mol. The van der Waals surface area contributed by atoms with Crippen LogP contribution >= 0.6 is 0 Å². The first-order valence-electron chi connectivity index (χ1n) is 6.05. The largest absolute Gasteiger partial charge is 0.477 e. The Kier molecular flexibility index (Phi) is 3.39. The molecule has 1 aromatic carbocycles. The van der Waals surface area contributed by atoms with E-state index in [1.807, 2.05) is 38.1 Å². The molecule has 1 aromatic heterocycles. The second-order valence-corrected chi connectivity index (χ2v) is 4.85. The molecule has 0 aliphatic carbocycles. The van der Waals surface area contributed by atoms with Crippen LogP contribution in [-0.4, -0.2) is 17.1 Å². The number of H-pyrrole nitrogens is 1. The third-order valence-corrected chi connectivity index (χ3v) is 3.09. The standard InChI is InChI=1S/C14H18N2O2/c1-3-14(2,15)9-18-12-8-10-6-4-5-7-11(10)13(17)16-12/h4-8H,3,9,15H2,1-2H3,(H,16,17). The van der Waals surface area contributed by atoms with Crippen molar-refractivity contribution < 1.29 is 4.74 Å². The quantitative estimate of drug-likeness (QED) is 0.867. The van der Waals surface area contributed by atoms with Gasteiger partial charge in [0, 0.05) is 17.0 Å². The average Bonchev–Trinajstić information content (AvgIpc) is 2.37. The lowest BCUT2D eigenvalue weighted by Gasteiger charge is -2.22. The van der Waals surface area contributed by atoms with Crippen molar-refractivity contribution in [2.24, 2.45) is 5.73 Å². The van der Waals surface area contributed by atoms with Crippen molar-refractivity contribution in [1.82, 2.24) is 4.98 Å². The Balaban J connectivity index is 2.28. The van der Waals surface area contributed by atoms with Crippen LogP contribution in [0.3, 0.4) is 0 Å². The molecule has 1 heterocycles. The van der Waals surface area contributed by atoms with Gasteiger partial charge >= 0.3 is 0 Å². The van der Waals surface area contributed by atoms with Crippen molar-refractivity contribution in [2.75, 3.05) is 6.61 Å². The van der Waals surface area contributed by atoms with E-state index in [1.165, 1.54) is 0 Å². The summed E-state index contributed by atoms with van der Waals surface area (Å²) in [6.07, 6.45) is 0.810. The van der Waals surface area contributed by atoms with Gasteiger partial charge in [-0.05, 0) is 24.8 Å². The molecule has 1 atom stereocenters. The Morgan fingerprint density at radius 1 is 1.39 bits per heavy atom. The molecule has 18 heavy (non-hydrogen) atoms. The first-order chi connectivity index (χ1) is 8.52. The molecule has 0 bridgehead atoms. The molecule has 0 saturated heterocycles. The Labute approximate surface area is 106 Å². The highest BCUT2D eigenvalue weighted by atomic mass is 16.5. The van der Waals surface area contributed by atoms with Crippen LogP contribution in [0.5, 0.6) is 5.88 Å². The fourth-order valence-electron chi connectivity index (χ4n) is 1.61. The predicted octanol–water partition coefficient (Wildman–Crippen LogP) is 2.03. The summed E-state index contributed by atoms with van der Waals surface area (Å²) in [6, 6.07) is 9.23. The smallest absolute Gasteiger partial charge is 0.258 e. The lowest BCUT2D eigenvalue weighted by molar-refractivity contribution is 0.218. The molecule has 1 unspecified atom stereocenters. The van der Waals surface area contributed by atoms with Crippen molar-refractivity contribution >= 4 is 10.8 Å². The van der Waals surface area contributed by atoms with Gasteiger partial charge in [-0.2, -0.15) is 0 Å². The summed E-state index contributed by atoms with van der Waals surface area (Å²) in [5.41, 5.74) is 5.47. The van der Waals surface area contributed by atoms with Gasteiger partial charge in [0.1, 0.15) is 6.61 Å². The highest BCUT2D eigenvalue weighted by Gasteiger charge is 2.16. The van der Waals surface area contributed by atoms with Crippen LogP contribution in [0.2, 0.25) is 0 Å². The number of pyridine rings is 1. The Morgan fingerprint density at radius 2 is 2.11 bits per heavy atom. The van der Waals surface area contributed by atoms with Crippen LogP contribution in [0, 0.1) is 0 Å². The SMILES string of the molecule is CCC(C)(N)COc1cc2ccccc2c(=O)[nH]1. The zero-order valence-corrected chi connectivity index (χ0v) is 10.7. The second kappa shape index (κ2) is 4.82. The molecule has 3 N–H and O–H groups in total. The number of aromatic nitrogens is 1. The number of fused-ring (bicyclic) bond motifs is 1. The molecular formula is C14H18N2O2. The molecule has 0 radical (unpaired) electrons. The summed E-state index contributed by atoms with van der Waals surface area (Å²) in [5.74, 6) is 0.462. The van der Waals surface area contributed by atoms with Crippen molar-refractivity contribution in [3.8, 4) is 5.88 Å². The van der Waals surface area contributed by atoms with Crippen molar-refractivity contribution in [3.05, 3.63) is 40.7 Å². The number of hydrogen-bond acceptors (Lipinski definition) is 3. The van der Waals surface area contributed by atoms with E-state index in [1.54, 1.807) is 6.07 Å². The fraction of sp³-hybridized carbons (Fsp3) is 0.357. The number of benzene rings is 1. The molecule has 2 aromatic rings. The number of nitrogens with two attached hydrogens (primary N) is 1. The van der Waals surface area contributed by atoms with E-state index in [0.717, 1.165) is 11.8 Å². The molecule has 0 aliphatic heterocycles. The van der Waals surface area contributed by atoms with Crippen molar-refractivity contribution in [1.29, 1.82) is 0 Å². The van der Waals surface area contributed by atoms with Crippen LogP contribution in [0.25, 0.3) is 10.8 Å². The Hall–Kier alpha value is -1.81. The third kappa shape index (κ3) is 2.71. The maximum Gasteiger partial charge on any atom is 0.258 e. The van der Waals surface area contributed by atoms with Crippen LogP contribution in [0.1, 0.15) is 20.3 Å². The number of rotatable bonds is 4. The molecule has 0 aliphatic rings. The van der Waals surface area contributed by atoms with Crippen LogP contribution < -0.4 is 16.0 Å². The third-order valence-electron chi connectivity index (χ3n) is 3.09. The minimum absolute atomic E-state index is 0.140. The zero-order chi connectivity index (χ0) is 13.2. The van der Waals surface area contributed by atoms with Crippen LogP contribution in [0.4, 0.5) is 0 Å². The second-order valence-electron chi connectivity index (χ2n) is 4.85. The molecule has 4 heteroatoms. The molecule has 96 valence electrons. The average molecular weight is 246 g/mol. The minimum atomic E-state index is -0.386. The highest BCUT2D eigenvalue weighted by Crippen LogP contribution is 2.15. The molecule has 0 saturated carbocycles. The summed E-state index contributed by atoms with van der Waals surface area (Å²) in [6.45, 7) is 4.30. The van der Waals surface area contributed by atoms with Gasteiger partial charge in [-0.15, -0.1) is 0 Å². The number of aromatic amines is 1. The Bertz CT molecular complexity index is 602. The molecule has 0 spiro atoms. The van der Waals surface area contributed by atoms with Gasteiger partial charge in [-0.25, -0.2) is 0 Å². The van der Waals surface area contributed by atoms with Gasteiger partial charge in [-0.3, -0.25) is 9.78 Å². The van der Waals surface area contributed by atoms with E-state index in [0.29, 0.717) is 17.9 Å². The fourth-order valence-corrected chi connectivity index (χ4v) is 1.61. The van der Waals surface area contributed by atoms with E-state index in [-0.39, 0.29) is 11.1 Å². The molecule has 0 amide bonds. The lowest BCUT2D eigenvalue weighted by Crippen LogP contribution is -2.41. The van der Waals surface area contributed by atoms with E-state index < -0.39 is 0 Å². The summed E-state index contributed by atoms with van der Waals surface area (Å²) in [5, 5.41) is 1.53. The predicted molar refractivity (Wildman–Crippen MR) is 72.9 cm³/mol. The normalized spacial score (nSPS) is 14.4. The van der Waals surface area contributed by atoms with E-state index in [9.17, 15) is 4.79 Å². The van der Waals surface area contributed by atoms with E-state index >= 15 is 0 Å². The first-order valence-corrected chi connectivity index (χ1v) is 6.05. The first kappa shape index (κ1) is 12.6. The Morgan fingerprint density at radius 3 is 2.83 bits per heavy atom. The molecule has 0 fully saturated rings.